The predicted octanol–water partition coefficient (Wildman–Crippen LogP) is 2.06. The number of amides is 1. The van der Waals surface area contributed by atoms with Gasteiger partial charge >= 0.3 is 0 Å². The minimum atomic E-state index is -0.426. The highest BCUT2D eigenvalue weighted by molar-refractivity contribution is 5.91. The molecule has 1 N–H and O–H groups in total. The van der Waals surface area contributed by atoms with Crippen LogP contribution < -0.4 is 11.1 Å². The van der Waals surface area contributed by atoms with Crippen LogP contribution >= 0.6 is 0 Å². The molecule has 7 nitrogen and oxygen atoms in total. The molecular formula is C21H19N3O4. The number of hydrogen-bond donors (Lipinski definition) is 1. The van der Waals surface area contributed by atoms with E-state index in [0.29, 0.717) is 19.6 Å². The maximum atomic E-state index is 12.8. The Balaban J connectivity index is 1.50. The highest BCUT2D eigenvalue weighted by Gasteiger charge is 2.37. The number of rotatable bonds is 2. The summed E-state index contributed by atoms with van der Waals surface area (Å²) < 4.78 is 6.83. The zero-order valence-electron chi connectivity index (χ0n) is 15.1. The predicted molar refractivity (Wildman–Crippen MR) is 102 cm³/mol. The largest absolute Gasteiger partial charge is 0.373 e. The number of likely N-dealkylation sites (tertiary alicyclic amines) is 1. The first-order chi connectivity index (χ1) is 13.6. The molecule has 2 bridgehead atoms. The molecule has 2 aromatic heterocycles. The van der Waals surface area contributed by atoms with Gasteiger partial charge in [-0.3, -0.25) is 14.4 Å². The van der Waals surface area contributed by atoms with Crippen LogP contribution in [0.2, 0.25) is 0 Å². The van der Waals surface area contributed by atoms with Gasteiger partial charge in [-0.2, -0.15) is 5.16 Å². The number of carbonyl (C=O) groups excluding carboxylic acids is 1. The number of aromatic amines is 1. The lowest BCUT2D eigenvalue weighted by Crippen LogP contribution is -2.49. The van der Waals surface area contributed by atoms with Gasteiger partial charge in [-0.1, -0.05) is 30.3 Å². The van der Waals surface area contributed by atoms with Gasteiger partial charge in [0.1, 0.15) is 0 Å². The van der Waals surface area contributed by atoms with Crippen molar-refractivity contribution < 1.29 is 9.32 Å². The van der Waals surface area contributed by atoms with Crippen molar-refractivity contribution in [3.05, 3.63) is 80.7 Å². The smallest absolute Gasteiger partial charge is 0.292 e. The summed E-state index contributed by atoms with van der Waals surface area (Å²) in [5.41, 5.74) is 2.45. The number of pyridine rings is 1. The molecular weight excluding hydrogens is 358 g/mol. The molecule has 7 heteroatoms. The SMILES string of the molecule is O=C(c1cc(=O)[nH]o1)N1C[C@@H]2C[C@H](C1)c1cc(-c3ccccc3)cc(=O)n1C2. The summed E-state index contributed by atoms with van der Waals surface area (Å²) in [5, 5.41) is 2.16. The van der Waals surface area contributed by atoms with E-state index in [1.807, 2.05) is 34.9 Å². The number of H-pyrrole nitrogens is 1. The second-order valence-corrected chi connectivity index (χ2v) is 7.57. The van der Waals surface area contributed by atoms with Crippen molar-refractivity contribution in [3.8, 4) is 11.1 Å². The van der Waals surface area contributed by atoms with Gasteiger partial charge in [0, 0.05) is 37.3 Å². The van der Waals surface area contributed by atoms with Crippen molar-refractivity contribution in [1.29, 1.82) is 0 Å². The molecule has 4 heterocycles. The number of aromatic nitrogens is 2. The quantitative estimate of drug-likeness (QED) is 0.740. The summed E-state index contributed by atoms with van der Waals surface area (Å²) in [7, 11) is 0. The molecule has 3 aromatic rings. The third kappa shape index (κ3) is 2.79. The Morgan fingerprint density at radius 3 is 2.57 bits per heavy atom. The average Bonchev–Trinajstić information content (AvgIpc) is 3.15. The molecule has 0 aliphatic carbocycles. The van der Waals surface area contributed by atoms with Gasteiger partial charge in [0.05, 0.1) is 6.07 Å². The molecule has 0 spiro atoms. The second kappa shape index (κ2) is 6.37. The number of fused-ring (bicyclic) bond motifs is 4. The summed E-state index contributed by atoms with van der Waals surface area (Å²) >= 11 is 0. The molecule has 1 amide bonds. The van der Waals surface area contributed by atoms with Crippen molar-refractivity contribution in [3.63, 3.8) is 0 Å². The Morgan fingerprint density at radius 2 is 1.82 bits per heavy atom. The van der Waals surface area contributed by atoms with E-state index in [2.05, 4.69) is 11.2 Å². The Kier molecular flexibility index (Phi) is 3.82. The highest BCUT2D eigenvalue weighted by atomic mass is 16.5. The fourth-order valence-corrected chi connectivity index (χ4v) is 4.47. The number of piperidine rings is 1. The third-order valence-corrected chi connectivity index (χ3v) is 5.69. The molecule has 0 radical (unpaired) electrons. The molecule has 1 saturated heterocycles. The zero-order valence-corrected chi connectivity index (χ0v) is 15.1. The van der Waals surface area contributed by atoms with E-state index >= 15 is 0 Å². The van der Waals surface area contributed by atoms with Crippen molar-refractivity contribution in [2.24, 2.45) is 5.92 Å². The van der Waals surface area contributed by atoms with Gasteiger partial charge in [0.2, 0.25) is 5.76 Å². The zero-order chi connectivity index (χ0) is 19.3. The fourth-order valence-electron chi connectivity index (χ4n) is 4.47. The Morgan fingerprint density at radius 1 is 1.00 bits per heavy atom. The van der Waals surface area contributed by atoms with E-state index in [-0.39, 0.29) is 29.1 Å². The van der Waals surface area contributed by atoms with Crippen LogP contribution in [-0.2, 0) is 6.54 Å². The molecule has 142 valence electrons. The van der Waals surface area contributed by atoms with Crippen LogP contribution in [0.4, 0.5) is 0 Å². The first-order valence-electron chi connectivity index (χ1n) is 9.36. The van der Waals surface area contributed by atoms with Gasteiger partial charge in [-0.15, -0.1) is 0 Å². The highest BCUT2D eigenvalue weighted by Crippen LogP contribution is 2.36. The van der Waals surface area contributed by atoms with Crippen molar-refractivity contribution >= 4 is 5.91 Å². The molecule has 1 aromatic carbocycles. The third-order valence-electron chi connectivity index (χ3n) is 5.69. The fraction of sp³-hybridized carbons (Fsp3) is 0.286. The monoisotopic (exact) mass is 377 g/mol. The number of carbonyl (C=O) groups is 1. The molecule has 5 rings (SSSR count). The van der Waals surface area contributed by atoms with E-state index in [1.165, 1.54) is 6.07 Å². The second-order valence-electron chi connectivity index (χ2n) is 7.57. The summed E-state index contributed by atoms with van der Waals surface area (Å²) in [6, 6.07) is 14.8. The van der Waals surface area contributed by atoms with Gasteiger partial charge in [0.25, 0.3) is 17.0 Å². The average molecular weight is 377 g/mol. The van der Waals surface area contributed by atoms with E-state index in [1.54, 1.807) is 11.0 Å². The van der Waals surface area contributed by atoms with E-state index in [4.69, 9.17) is 4.52 Å². The molecule has 2 aliphatic heterocycles. The van der Waals surface area contributed by atoms with Crippen molar-refractivity contribution in [1.82, 2.24) is 14.6 Å². The standard InChI is InChI=1S/C21H19N3O4/c25-19-9-18(28-22-19)21(27)23-10-13-6-16(12-23)17-7-15(8-20(26)24(17)11-13)14-4-2-1-3-5-14/h1-5,7-9,13,16H,6,10-12H2,(H,22,25)/t13-,16+/m0/s1. The maximum Gasteiger partial charge on any atom is 0.292 e. The van der Waals surface area contributed by atoms with Crippen LogP contribution in [0, 0.1) is 5.92 Å². The molecule has 2 atom stereocenters. The number of benzene rings is 1. The lowest BCUT2D eigenvalue weighted by Gasteiger charge is -2.42. The van der Waals surface area contributed by atoms with Crippen LogP contribution in [0.5, 0.6) is 0 Å². The van der Waals surface area contributed by atoms with Crippen molar-refractivity contribution in [2.75, 3.05) is 13.1 Å². The van der Waals surface area contributed by atoms with Crippen LogP contribution in [0.3, 0.4) is 0 Å². The summed E-state index contributed by atoms with van der Waals surface area (Å²) in [6.45, 7) is 1.65. The normalized spacial score (nSPS) is 20.6. The van der Waals surface area contributed by atoms with Crippen LogP contribution in [0.1, 0.15) is 28.6 Å². The van der Waals surface area contributed by atoms with Gasteiger partial charge < -0.3 is 14.0 Å². The number of nitrogens with one attached hydrogen (secondary N) is 1. The number of hydrogen-bond acceptors (Lipinski definition) is 4. The van der Waals surface area contributed by atoms with Crippen LogP contribution in [0.15, 0.2) is 62.6 Å². The summed E-state index contributed by atoms with van der Waals surface area (Å²) in [5.74, 6) is 0.0306. The van der Waals surface area contributed by atoms with E-state index in [0.717, 1.165) is 23.2 Å². The maximum absolute atomic E-state index is 12.8. The molecule has 1 fully saturated rings. The van der Waals surface area contributed by atoms with Crippen LogP contribution in [0.25, 0.3) is 11.1 Å². The first-order valence-corrected chi connectivity index (χ1v) is 9.36. The lowest BCUT2D eigenvalue weighted by atomic mass is 9.82. The minimum absolute atomic E-state index is 0.00228. The van der Waals surface area contributed by atoms with Crippen LogP contribution in [-0.4, -0.2) is 33.6 Å². The molecule has 2 aliphatic rings. The minimum Gasteiger partial charge on any atom is -0.373 e. The Bertz CT molecular complexity index is 1160. The molecule has 28 heavy (non-hydrogen) atoms. The van der Waals surface area contributed by atoms with Gasteiger partial charge in [-0.05, 0) is 29.5 Å². The van der Waals surface area contributed by atoms with Gasteiger partial charge in [0.15, 0.2) is 0 Å². The summed E-state index contributed by atoms with van der Waals surface area (Å²) in [6.07, 6.45) is 0.943. The molecule has 0 saturated carbocycles. The van der Waals surface area contributed by atoms with Gasteiger partial charge in [-0.25, -0.2) is 0 Å². The summed E-state index contributed by atoms with van der Waals surface area (Å²) in [4.78, 5) is 38.5. The topological polar surface area (TPSA) is 88.3 Å². The lowest BCUT2D eigenvalue weighted by molar-refractivity contribution is 0.0554. The Hall–Kier alpha value is -3.35. The van der Waals surface area contributed by atoms with E-state index < -0.39 is 5.56 Å². The molecule has 0 unspecified atom stereocenters. The number of nitrogens with zero attached hydrogens (tertiary/aromatic N) is 2. The Labute approximate surface area is 160 Å². The first kappa shape index (κ1) is 16.8. The van der Waals surface area contributed by atoms with E-state index in [9.17, 15) is 14.4 Å². The van der Waals surface area contributed by atoms with Crippen molar-refractivity contribution in [2.45, 2.75) is 18.9 Å².